The fourth-order valence-electron chi connectivity index (χ4n) is 1.46. The van der Waals surface area contributed by atoms with Gasteiger partial charge in [0.05, 0.1) is 12.7 Å². The molecule has 0 aromatic heterocycles. The van der Waals surface area contributed by atoms with E-state index in [4.69, 9.17) is 9.88 Å². The molecule has 0 heterocycles. The SMILES string of the molecule is CC(C)OCCNS(=O)(=O)c1ccccc1S(N)(=O)=O. The normalized spacial score (nSPS) is 12.8. The van der Waals surface area contributed by atoms with Crippen LogP contribution >= 0.6 is 0 Å². The van der Waals surface area contributed by atoms with Crippen LogP contribution in [0.5, 0.6) is 0 Å². The fourth-order valence-corrected chi connectivity index (χ4v) is 3.85. The largest absolute Gasteiger partial charge is 0.377 e. The average Bonchev–Trinajstić information content (AvgIpc) is 2.33. The van der Waals surface area contributed by atoms with Crippen molar-refractivity contribution in [2.75, 3.05) is 13.2 Å². The van der Waals surface area contributed by atoms with Gasteiger partial charge in [-0.2, -0.15) is 0 Å². The summed E-state index contributed by atoms with van der Waals surface area (Å²) in [6, 6.07) is 5.16. The number of sulfonamides is 2. The van der Waals surface area contributed by atoms with Gasteiger partial charge < -0.3 is 4.74 Å². The molecule has 1 rings (SSSR count). The van der Waals surface area contributed by atoms with Crippen LogP contribution in [-0.4, -0.2) is 36.1 Å². The number of nitrogens with two attached hydrogens (primary N) is 1. The lowest BCUT2D eigenvalue weighted by molar-refractivity contribution is 0.0834. The van der Waals surface area contributed by atoms with Crippen molar-refractivity contribution in [1.29, 1.82) is 0 Å². The fraction of sp³-hybridized carbons (Fsp3) is 0.455. The topological polar surface area (TPSA) is 116 Å². The number of ether oxygens (including phenoxy) is 1. The molecule has 3 N–H and O–H groups in total. The van der Waals surface area contributed by atoms with Gasteiger partial charge in [0.2, 0.25) is 20.0 Å². The second-order valence-corrected chi connectivity index (χ2v) is 7.57. The standard InChI is InChI=1S/C11H18N2O5S2/c1-9(2)18-8-7-13-20(16,17)11-6-4-3-5-10(11)19(12,14)15/h3-6,9,13H,7-8H2,1-2H3,(H2,12,14,15). The molecule has 0 spiro atoms. The zero-order valence-corrected chi connectivity index (χ0v) is 12.9. The summed E-state index contributed by atoms with van der Waals surface area (Å²) in [6.45, 7) is 3.88. The van der Waals surface area contributed by atoms with E-state index in [1.165, 1.54) is 18.2 Å². The van der Waals surface area contributed by atoms with Crippen LogP contribution < -0.4 is 9.86 Å². The molecule has 0 aliphatic carbocycles. The highest BCUT2D eigenvalue weighted by atomic mass is 32.2. The summed E-state index contributed by atoms with van der Waals surface area (Å²) in [6.07, 6.45) is -0.0174. The van der Waals surface area contributed by atoms with Crippen molar-refractivity contribution in [3.05, 3.63) is 24.3 Å². The Hall–Kier alpha value is -1.00. The van der Waals surface area contributed by atoms with Crippen molar-refractivity contribution in [2.24, 2.45) is 5.14 Å². The Labute approximate surface area is 119 Å². The molecule has 0 aliphatic rings. The molecule has 0 saturated carbocycles. The van der Waals surface area contributed by atoms with Gasteiger partial charge in [-0.15, -0.1) is 0 Å². The van der Waals surface area contributed by atoms with Crippen molar-refractivity contribution in [3.8, 4) is 0 Å². The highest BCUT2D eigenvalue weighted by Gasteiger charge is 2.23. The van der Waals surface area contributed by atoms with Crippen LogP contribution in [0, 0.1) is 0 Å². The molecule has 0 atom stereocenters. The molecule has 0 unspecified atom stereocenters. The number of primary sulfonamides is 1. The van der Waals surface area contributed by atoms with E-state index in [0.29, 0.717) is 0 Å². The molecule has 1 aromatic rings. The van der Waals surface area contributed by atoms with E-state index in [1.807, 2.05) is 13.8 Å². The van der Waals surface area contributed by atoms with Crippen LogP contribution in [0.4, 0.5) is 0 Å². The first-order chi connectivity index (χ1) is 9.14. The van der Waals surface area contributed by atoms with Gasteiger partial charge in [0.25, 0.3) is 0 Å². The van der Waals surface area contributed by atoms with Crippen molar-refractivity contribution in [2.45, 2.75) is 29.7 Å². The van der Waals surface area contributed by atoms with E-state index in [0.717, 1.165) is 6.07 Å². The Balaban J connectivity index is 2.94. The Morgan fingerprint density at radius 2 is 1.70 bits per heavy atom. The van der Waals surface area contributed by atoms with E-state index in [2.05, 4.69) is 4.72 Å². The van der Waals surface area contributed by atoms with Gasteiger partial charge in [-0.3, -0.25) is 0 Å². The molecule has 20 heavy (non-hydrogen) atoms. The van der Waals surface area contributed by atoms with Crippen LogP contribution in [-0.2, 0) is 24.8 Å². The van der Waals surface area contributed by atoms with Gasteiger partial charge in [0, 0.05) is 6.54 Å². The van der Waals surface area contributed by atoms with Gasteiger partial charge in [-0.25, -0.2) is 26.7 Å². The molecule has 0 bridgehead atoms. The first-order valence-corrected chi connectivity index (χ1v) is 8.90. The number of hydrogen-bond acceptors (Lipinski definition) is 5. The highest BCUT2D eigenvalue weighted by Crippen LogP contribution is 2.18. The van der Waals surface area contributed by atoms with Crippen LogP contribution in [0.3, 0.4) is 0 Å². The maximum Gasteiger partial charge on any atom is 0.241 e. The zero-order chi connectivity index (χ0) is 15.4. The molecule has 0 aliphatic heterocycles. The number of hydrogen-bond donors (Lipinski definition) is 2. The quantitative estimate of drug-likeness (QED) is 0.688. The Morgan fingerprint density at radius 1 is 1.15 bits per heavy atom. The molecule has 9 heteroatoms. The Morgan fingerprint density at radius 3 is 2.20 bits per heavy atom. The molecular formula is C11H18N2O5S2. The summed E-state index contributed by atoms with van der Waals surface area (Å²) in [5.74, 6) is 0. The molecule has 0 saturated heterocycles. The predicted octanol–water partition coefficient (Wildman–Crippen LogP) is 0.0373. The smallest absolute Gasteiger partial charge is 0.241 e. The molecule has 0 amide bonds. The van der Waals surface area contributed by atoms with Crippen molar-refractivity contribution >= 4 is 20.0 Å². The summed E-state index contributed by atoms with van der Waals surface area (Å²) < 4.78 is 54.3. The first-order valence-electron chi connectivity index (χ1n) is 5.87. The van der Waals surface area contributed by atoms with E-state index in [9.17, 15) is 16.8 Å². The van der Waals surface area contributed by atoms with E-state index in [1.54, 1.807) is 0 Å². The summed E-state index contributed by atoms with van der Waals surface area (Å²) in [4.78, 5) is -0.802. The molecular weight excluding hydrogens is 304 g/mol. The summed E-state index contributed by atoms with van der Waals surface area (Å²) in [5, 5.41) is 5.00. The lowest BCUT2D eigenvalue weighted by Crippen LogP contribution is -2.30. The van der Waals surface area contributed by atoms with Crippen LogP contribution in [0.25, 0.3) is 0 Å². The maximum atomic E-state index is 12.1. The predicted molar refractivity (Wildman–Crippen MR) is 74.1 cm³/mol. The summed E-state index contributed by atoms with van der Waals surface area (Å²) in [5.41, 5.74) is 0. The lowest BCUT2D eigenvalue weighted by atomic mass is 10.4. The van der Waals surface area contributed by atoms with Crippen LogP contribution in [0.2, 0.25) is 0 Å². The van der Waals surface area contributed by atoms with E-state index >= 15 is 0 Å². The number of rotatable bonds is 7. The van der Waals surface area contributed by atoms with Crippen molar-refractivity contribution in [3.63, 3.8) is 0 Å². The molecule has 1 aromatic carbocycles. The van der Waals surface area contributed by atoms with Gasteiger partial charge in [0.1, 0.15) is 9.79 Å². The third kappa shape index (κ3) is 4.84. The van der Waals surface area contributed by atoms with Crippen LogP contribution in [0.15, 0.2) is 34.1 Å². The van der Waals surface area contributed by atoms with Crippen molar-refractivity contribution in [1.82, 2.24) is 4.72 Å². The molecule has 7 nitrogen and oxygen atoms in total. The second kappa shape index (κ2) is 6.64. The van der Waals surface area contributed by atoms with Gasteiger partial charge in [-0.1, -0.05) is 12.1 Å². The summed E-state index contributed by atoms with van der Waals surface area (Å²) >= 11 is 0. The third-order valence-electron chi connectivity index (χ3n) is 2.29. The molecule has 0 radical (unpaired) electrons. The van der Waals surface area contributed by atoms with E-state index < -0.39 is 24.9 Å². The average molecular weight is 322 g/mol. The lowest BCUT2D eigenvalue weighted by Gasteiger charge is -2.11. The second-order valence-electron chi connectivity index (χ2n) is 4.31. The molecule has 114 valence electrons. The highest BCUT2D eigenvalue weighted by molar-refractivity contribution is 7.92. The molecule has 0 fully saturated rings. The number of benzene rings is 1. The summed E-state index contributed by atoms with van der Waals surface area (Å²) in [7, 11) is -8.07. The van der Waals surface area contributed by atoms with Crippen LogP contribution in [0.1, 0.15) is 13.8 Å². The van der Waals surface area contributed by atoms with Gasteiger partial charge in [-0.05, 0) is 26.0 Å². The maximum absolute atomic E-state index is 12.1. The van der Waals surface area contributed by atoms with Gasteiger partial charge in [0.15, 0.2) is 0 Å². The number of nitrogens with one attached hydrogen (secondary N) is 1. The first kappa shape index (κ1) is 17.1. The minimum Gasteiger partial charge on any atom is -0.377 e. The Kier molecular flexibility index (Phi) is 5.66. The Bertz CT molecular complexity index is 653. The third-order valence-corrected chi connectivity index (χ3v) is 4.91. The monoisotopic (exact) mass is 322 g/mol. The van der Waals surface area contributed by atoms with Crippen molar-refractivity contribution < 1.29 is 21.6 Å². The van der Waals surface area contributed by atoms with E-state index in [-0.39, 0.29) is 24.2 Å². The van der Waals surface area contributed by atoms with Gasteiger partial charge >= 0.3 is 0 Å². The minimum absolute atomic E-state index is 0.0174. The zero-order valence-electron chi connectivity index (χ0n) is 11.2. The minimum atomic E-state index is -4.11.